The molecule has 0 aromatic heterocycles. The van der Waals surface area contributed by atoms with Gasteiger partial charge >= 0.3 is 0 Å². The van der Waals surface area contributed by atoms with Gasteiger partial charge in [0.25, 0.3) is 0 Å². The lowest BCUT2D eigenvalue weighted by Crippen LogP contribution is -1.90. The molecule has 21 heavy (non-hydrogen) atoms. The molecule has 2 unspecified atom stereocenters. The monoisotopic (exact) mass is 322 g/mol. The van der Waals surface area contributed by atoms with Gasteiger partial charge in [-0.05, 0) is 24.0 Å². The molecular formula is C16H20O3P2. The Bertz CT molecular complexity index is 531. The van der Waals surface area contributed by atoms with Gasteiger partial charge in [0.15, 0.2) is 16.1 Å². The zero-order valence-electron chi connectivity index (χ0n) is 11.8. The van der Waals surface area contributed by atoms with Crippen molar-refractivity contribution in [2.75, 3.05) is 12.3 Å². The molecule has 0 saturated carbocycles. The summed E-state index contributed by atoms with van der Waals surface area (Å²) in [6.07, 6.45) is 2.31. The Balaban J connectivity index is 1.69. The highest BCUT2D eigenvalue weighted by Crippen LogP contribution is 2.38. The zero-order chi connectivity index (χ0) is 14.9. The summed E-state index contributed by atoms with van der Waals surface area (Å²) >= 11 is 0. The third-order valence-electron chi connectivity index (χ3n) is 3.15. The smallest absolute Gasteiger partial charge is 0.197 e. The minimum Gasteiger partial charge on any atom is -0.296 e. The predicted octanol–water partition coefficient (Wildman–Crippen LogP) is 4.44. The lowest BCUT2D eigenvalue weighted by atomic mass is 10.2. The molecule has 0 radical (unpaired) electrons. The molecule has 0 fully saturated rings. The standard InChI is InChI=1S/C16H20O3P2/c17-20(13-11-15-7-3-1-4-8-15)19-21(18)14-12-16-9-5-2-6-10-16/h1-10,20-21H,11-14H2. The van der Waals surface area contributed by atoms with Crippen LogP contribution in [0.3, 0.4) is 0 Å². The summed E-state index contributed by atoms with van der Waals surface area (Å²) in [5, 5.41) is 0. The predicted molar refractivity (Wildman–Crippen MR) is 89.1 cm³/mol. The van der Waals surface area contributed by atoms with Gasteiger partial charge in [-0.2, -0.15) is 0 Å². The van der Waals surface area contributed by atoms with Crippen LogP contribution in [0.25, 0.3) is 0 Å². The lowest BCUT2D eigenvalue weighted by molar-refractivity contribution is 0.487. The quantitative estimate of drug-likeness (QED) is 0.675. The van der Waals surface area contributed by atoms with Gasteiger partial charge in [0.1, 0.15) is 0 Å². The number of hydrogen-bond donors (Lipinski definition) is 0. The molecule has 2 aromatic rings. The molecule has 0 aliphatic heterocycles. The molecule has 2 atom stereocenters. The molecule has 3 nitrogen and oxygen atoms in total. The van der Waals surface area contributed by atoms with E-state index in [-0.39, 0.29) is 0 Å². The molecule has 0 bridgehead atoms. The summed E-state index contributed by atoms with van der Waals surface area (Å²) < 4.78 is 28.8. The molecule has 5 heteroatoms. The summed E-state index contributed by atoms with van der Waals surface area (Å²) in [5.41, 5.74) is 2.26. The van der Waals surface area contributed by atoms with Crippen molar-refractivity contribution in [3.05, 3.63) is 71.8 Å². The van der Waals surface area contributed by atoms with E-state index in [0.717, 1.165) is 11.1 Å². The molecule has 112 valence electrons. The number of rotatable bonds is 8. The summed E-state index contributed by atoms with van der Waals surface area (Å²) in [6.45, 7) is 0. The van der Waals surface area contributed by atoms with E-state index in [1.54, 1.807) is 0 Å². The van der Waals surface area contributed by atoms with E-state index in [0.29, 0.717) is 25.2 Å². The van der Waals surface area contributed by atoms with Crippen LogP contribution in [-0.4, -0.2) is 12.3 Å². The van der Waals surface area contributed by atoms with Crippen molar-refractivity contribution in [3.8, 4) is 0 Å². The van der Waals surface area contributed by atoms with Crippen LogP contribution in [0.2, 0.25) is 0 Å². The van der Waals surface area contributed by atoms with Crippen LogP contribution >= 0.6 is 16.1 Å². The topological polar surface area (TPSA) is 43.4 Å². The van der Waals surface area contributed by atoms with Crippen molar-refractivity contribution in [2.24, 2.45) is 0 Å². The van der Waals surface area contributed by atoms with Crippen molar-refractivity contribution in [1.29, 1.82) is 0 Å². The maximum absolute atomic E-state index is 11.8. The summed E-state index contributed by atoms with van der Waals surface area (Å²) in [6, 6.07) is 19.7. The highest BCUT2D eigenvalue weighted by molar-refractivity contribution is 7.53. The highest BCUT2D eigenvalue weighted by Gasteiger charge is 2.07. The van der Waals surface area contributed by atoms with E-state index in [1.807, 2.05) is 60.7 Å². The van der Waals surface area contributed by atoms with E-state index in [4.69, 9.17) is 4.31 Å². The van der Waals surface area contributed by atoms with Crippen molar-refractivity contribution in [2.45, 2.75) is 12.8 Å². The molecule has 0 N–H and O–H groups in total. The lowest BCUT2D eigenvalue weighted by Gasteiger charge is -2.05. The largest absolute Gasteiger partial charge is 0.296 e. The van der Waals surface area contributed by atoms with Gasteiger partial charge in [-0.15, -0.1) is 0 Å². The first kappa shape index (κ1) is 16.2. The van der Waals surface area contributed by atoms with Crippen molar-refractivity contribution < 1.29 is 13.4 Å². The van der Waals surface area contributed by atoms with Crippen LogP contribution < -0.4 is 0 Å². The van der Waals surface area contributed by atoms with Crippen molar-refractivity contribution in [1.82, 2.24) is 0 Å². The van der Waals surface area contributed by atoms with Gasteiger partial charge in [-0.3, -0.25) is 13.4 Å². The summed E-state index contributed by atoms with van der Waals surface area (Å²) in [5.74, 6) is 0. The second kappa shape index (κ2) is 9.00. The van der Waals surface area contributed by atoms with E-state index in [2.05, 4.69) is 0 Å². The fourth-order valence-corrected chi connectivity index (χ4v) is 4.83. The third kappa shape index (κ3) is 6.44. The van der Waals surface area contributed by atoms with Crippen LogP contribution in [-0.2, 0) is 26.3 Å². The third-order valence-corrected chi connectivity index (χ3v) is 6.29. The normalized spacial score (nSPS) is 13.7. The first-order valence-corrected chi connectivity index (χ1v) is 10.1. The maximum atomic E-state index is 11.8. The molecule has 0 saturated heterocycles. The molecule has 0 heterocycles. The Labute approximate surface area is 127 Å². The maximum Gasteiger partial charge on any atom is 0.197 e. The Hall–Kier alpha value is -1.14. The molecule has 2 aromatic carbocycles. The zero-order valence-corrected chi connectivity index (χ0v) is 13.8. The minimum atomic E-state index is -2.21. The van der Waals surface area contributed by atoms with E-state index < -0.39 is 16.1 Å². The minimum absolute atomic E-state index is 0.455. The average Bonchev–Trinajstić information content (AvgIpc) is 2.53. The summed E-state index contributed by atoms with van der Waals surface area (Å²) in [4.78, 5) is 0. The number of hydrogen-bond acceptors (Lipinski definition) is 3. The second-order valence-electron chi connectivity index (χ2n) is 4.82. The first-order valence-electron chi connectivity index (χ1n) is 7.05. The van der Waals surface area contributed by atoms with Gasteiger partial charge in [-0.1, -0.05) is 60.7 Å². The second-order valence-corrected chi connectivity index (χ2v) is 8.12. The molecule has 2 rings (SSSR count). The highest BCUT2D eigenvalue weighted by atomic mass is 31.2. The number of benzene rings is 2. The van der Waals surface area contributed by atoms with Gasteiger partial charge in [0, 0.05) is 12.3 Å². The van der Waals surface area contributed by atoms with Crippen molar-refractivity contribution in [3.63, 3.8) is 0 Å². The molecule has 0 aliphatic rings. The van der Waals surface area contributed by atoms with E-state index in [1.165, 1.54) is 0 Å². The van der Waals surface area contributed by atoms with Crippen molar-refractivity contribution >= 4 is 16.1 Å². The van der Waals surface area contributed by atoms with Gasteiger partial charge in [0.05, 0.1) is 0 Å². The summed E-state index contributed by atoms with van der Waals surface area (Å²) in [7, 11) is -4.41. The van der Waals surface area contributed by atoms with Gasteiger partial charge < -0.3 is 0 Å². The Morgan fingerprint density at radius 3 is 1.43 bits per heavy atom. The van der Waals surface area contributed by atoms with Crippen LogP contribution in [0.5, 0.6) is 0 Å². The molecular weight excluding hydrogens is 302 g/mol. The fraction of sp³-hybridized carbons (Fsp3) is 0.250. The van der Waals surface area contributed by atoms with E-state index >= 15 is 0 Å². The Morgan fingerprint density at radius 2 is 1.05 bits per heavy atom. The van der Waals surface area contributed by atoms with Gasteiger partial charge in [-0.25, -0.2) is 0 Å². The SMILES string of the molecule is O=[PH](CCc1ccccc1)O[PH](=O)CCc1ccccc1. The fourth-order valence-electron chi connectivity index (χ4n) is 2.01. The van der Waals surface area contributed by atoms with Crippen LogP contribution in [0, 0.1) is 0 Å². The van der Waals surface area contributed by atoms with Crippen LogP contribution in [0.15, 0.2) is 60.7 Å². The first-order chi connectivity index (χ1) is 10.2. The molecule has 0 spiro atoms. The average molecular weight is 322 g/mol. The van der Waals surface area contributed by atoms with Crippen LogP contribution in [0.4, 0.5) is 0 Å². The molecule has 0 amide bonds. The number of aryl methyl sites for hydroxylation is 2. The molecule has 0 aliphatic carbocycles. The van der Waals surface area contributed by atoms with Crippen LogP contribution in [0.1, 0.15) is 11.1 Å². The Morgan fingerprint density at radius 1 is 0.667 bits per heavy atom. The van der Waals surface area contributed by atoms with E-state index in [9.17, 15) is 9.13 Å². The van der Waals surface area contributed by atoms with Gasteiger partial charge in [0.2, 0.25) is 0 Å². The Kier molecular flexibility index (Phi) is 6.95.